The lowest BCUT2D eigenvalue weighted by atomic mass is 9.83. The first-order chi connectivity index (χ1) is 22.2. The predicted molar refractivity (Wildman–Crippen MR) is 171 cm³/mol. The van der Waals surface area contributed by atoms with E-state index in [2.05, 4.69) is 23.8 Å². The second kappa shape index (κ2) is 11.4. The summed E-state index contributed by atoms with van der Waals surface area (Å²) in [4.78, 5) is 67.9. The lowest BCUT2D eigenvalue weighted by Gasteiger charge is -2.30. The number of cyclic esters (lactones) is 1. The van der Waals surface area contributed by atoms with Gasteiger partial charge < -0.3 is 29.7 Å². The highest BCUT2D eigenvalue weighted by molar-refractivity contribution is 6.07. The number of esters is 2. The SMILES string of the molecule is CC[C@H]1c2cc3[nH]c4c(c3C)C(=O)OC(O)(C(=O)O)c4c3nc(cc4[nH]c(cc(n2)[C@@H]1C)c(C(C)=O)c4C)[C@@H](C)[C@@H]3CCC(=O)OC. The number of aryl methyl sites for hydroxylation is 2. The molecule has 6 heterocycles. The smallest absolute Gasteiger partial charge is 0.382 e. The van der Waals surface area contributed by atoms with Crippen molar-refractivity contribution in [3.8, 4) is 0 Å². The Labute approximate surface area is 270 Å². The van der Waals surface area contributed by atoms with E-state index in [4.69, 9.17) is 19.4 Å². The number of Topliss-reactive ketones (excluding diaryl/α,β-unsaturated/α-hetero) is 1. The third kappa shape index (κ3) is 4.93. The van der Waals surface area contributed by atoms with Gasteiger partial charge in [0.25, 0.3) is 0 Å². The Kier molecular flexibility index (Phi) is 7.82. The van der Waals surface area contributed by atoms with Gasteiger partial charge >= 0.3 is 23.7 Å². The quantitative estimate of drug-likeness (QED) is 0.193. The van der Waals surface area contributed by atoms with E-state index in [0.717, 1.165) is 17.8 Å². The Morgan fingerprint density at radius 1 is 0.957 bits per heavy atom. The number of rotatable bonds is 6. The van der Waals surface area contributed by atoms with Crippen molar-refractivity contribution >= 4 is 45.8 Å². The number of carbonyl (C=O) groups excluding carboxylic acids is 3. The maximum absolute atomic E-state index is 13.4. The topological polar surface area (TPSA) is 185 Å². The van der Waals surface area contributed by atoms with Gasteiger partial charge in [0, 0.05) is 63.8 Å². The number of carbonyl (C=O) groups is 4. The average molecular weight is 643 g/mol. The summed E-state index contributed by atoms with van der Waals surface area (Å²) in [6, 6.07) is 5.56. The minimum absolute atomic E-state index is 0.00381. The van der Waals surface area contributed by atoms with Crippen LogP contribution < -0.4 is 0 Å². The second-order valence-corrected chi connectivity index (χ2v) is 12.8. The molecular weight excluding hydrogens is 604 g/mol. The fourth-order valence-corrected chi connectivity index (χ4v) is 7.44. The third-order valence-corrected chi connectivity index (χ3v) is 10.1. The molecule has 12 heteroatoms. The van der Waals surface area contributed by atoms with Crippen LogP contribution in [0.15, 0.2) is 18.2 Å². The van der Waals surface area contributed by atoms with E-state index in [1.54, 1.807) is 13.0 Å². The predicted octanol–water partition coefficient (Wildman–Crippen LogP) is 5.67. The first kappa shape index (κ1) is 32.1. The van der Waals surface area contributed by atoms with E-state index in [0.29, 0.717) is 38.9 Å². The monoisotopic (exact) mass is 642 g/mol. The van der Waals surface area contributed by atoms with Crippen LogP contribution in [-0.4, -0.2) is 60.9 Å². The number of nitrogens with zero attached hydrogens (tertiary/aromatic N) is 2. The molecule has 8 bridgehead atoms. The van der Waals surface area contributed by atoms with Gasteiger partial charge in [-0.05, 0) is 62.9 Å². The Morgan fingerprint density at radius 3 is 2.21 bits per heavy atom. The summed E-state index contributed by atoms with van der Waals surface area (Å²) < 4.78 is 10.2. The minimum atomic E-state index is -3.07. The molecule has 0 aliphatic carbocycles. The number of aromatic nitrogens is 4. The van der Waals surface area contributed by atoms with Gasteiger partial charge in [0.05, 0.1) is 35.0 Å². The molecule has 3 aliphatic rings. The van der Waals surface area contributed by atoms with Crippen molar-refractivity contribution < 1.29 is 38.9 Å². The summed E-state index contributed by atoms with van der Waals surface area (Å²) in [6.45, 7) is 11.1. The highest BCUT2D eigenvalue weighted by Crippen LogP contribution is 2.48. The number of aromatic amines is 2. The van der Waals surface area contributed by atoms with E-state index in [1.807, 2.05) is 26.0 Å². The van der Waals surface area contributed by atoms with E-state index in [9.17, 15) is 29.4 Å². The van der Waals surface area contributed by atoms with Gasteiger partial charge in [-0.25, -0.2) is 9.59 Å². The summed E-state index contributed by atoms with van der Waals surface area (Å²) >= 11 is 0. The van der Waals surface area contributed by atoms with Crippen LogP contribution >= 0.6 is 0 Å². The number of hydrogen-bond acceptors (Lipinski definition) is 9. The third-order valence-electron chi connectivity index (χ3n) is 10.1. The maximum atomic E-state index is 13.4. The molecule has 246 valence electrons. The number of ether oxygens (including phenoxy) is 2. The van der Waals surface area contributed by atoms with Crippen LogP contribution in [-0.2, 0) is 24.8 Å². The molecule has 5 atom stereocenters. The number of carboxylic acid groups (broad SMARTS) is 1. The lowest BCUT2D eigenvalue weighted by Crippen LogP contribution is -2.44. The number of aliphatic carboxylic acids is 1. The number of aliphatic hydroxyl groups is 1. The highest BCUT2D eigenvalue weighted by atomic mass is 16.7. The molecule has 0 aromatic carbocycles. The number of fused-ring (bicyclic) bond motifs is 8. The fraction of sp³-hybridized carbons (Fsp3) is 0.429. The molecule has 1 unspecified atom stereocenters. The van der Waals surface area contributed by atoms with Crippen LogP contribution in [0.4, 0.5) is 0 Å². The van der Waals surface area contributed by atoms with Crippen LogP contribution in [0.3, 0.4) is 0 Å². The van der Waals surface area contributed by atoms with Crippen LogP contribution in [0.1, 0.15) is 131 Å². The molecule has 47 heavy (non-hydrogen) atoms. The Balaban J connectivity index is 1.84. The van der Waals surface area contributed by atoms with Gasteiger partial charge in [0.1, 0.15) is 0 Å². The van der Waals surface area contributed by atoms with Crippen molar-refractivity contribution in [1.29, 1.82) is 0 Å². The van der Waals surface area contributed by atoms with Gasteiger partial charge in [-0.2, -0.15) is 0 Å². The number of H-pyrrole nitrogens is 2. The molecule has 3 aromatic heterocycles. The van der Waals surface area contributed by atoms with Crippen LogP contribution in [0.25, 0.3) is 22.1 Å². The number of methoxy groups -OCH3 is 1. The molecule has 0 radical (unpaired) electrons. The van der Waals surface area contributed by atoms with Crippen molar-refractivity contribution in [2.45, 2.75) is 90.3 Å². The number of hydrogen-bond donors (Lipinski definition) is 4. The van der Waals surface area contributed by atoms with Crippen molar-refractivity contribution in [3.05, 3.63) is 68.8 Å². The molecule has 3 aromatic rings. The van der Waals surface area contributed by atoms with E-state index in [1.165, 1.54) is 14.0 Å². The van der Waals surface area contributed by atoms with Gasteiger partial charge in [-0.15, -0.1) is 0 Å². The van der Waals surface area contributed by atoms with Gasteiger partial charge in [0.2, 0.25) is 0 Å². The Morgan fingerprint density at radius 2 is 1.57 bits per heavy atom. The van der Waals surface area contributed by atoms with E-state index in [-0.39, 0.29) is 58.7 Å². The minimum Gasteiger partial charge on any atom is -0.476 e. The van der Waals surface area contributed by atoms with Crippen LogP contribution in [0.2, 0.25) is 0 Å². The molecule has 4 N–H and O–H groups in total. The summed E-state index contributed by atoms with van der Waals surface area (Å²) in [7, 11) is 1.28. The zero-order valence-electron chi connectivity index (χ0n) is 27.4. The second-order valence-electron chi connectivity index (χ2n) is 12.8. The standard InChI is InChI=1S/C35H38N4O8/c1-8-19-14(2)21-13-26-28(18(6)40)16(4)23(37-26)11-22-15(3)20(9-10-27(41)46-7)31(38-22)30-32-29(33(42)47-35(30,45)34(43)44)17(5)24(39-32)12-25(19)36-21/h11-15,19-20,37,39,45H,8-10H2,1-7H3,(H,43,44)/t14-,15+,19-,20+,35?/m1/s1. The maximum Gasteiger partial charge on any atom is 0.382 e. The van der Waals surface area contributed by atoms with E-state index >= 15 is 0 Å². The molecule has 12 nitrogen and oxygen atoms in total. The number of carboxylic acids is 1. The number of nitrogens with one attached hydrogen (secondary N) is 2. The Bertz CT molecular complexity index is 2040. The molecule has 0 fully saturated rings. The molecular formula is C35H38N4O8. The Hall–Kier alpha value is -4.84. The summed E-state index contributed by atoms with van der Waals surface area (Å²) in [5, 5.41) is 22.0. The summed E-state index contributed by atoms with van der Waals surface area (Å²) in [6.07, 6.45) is 0.969. The summed E-state index contributed by atoms with van der Waals surface area (Å²) in [5.41, 5.74) is 5.71. The van der Waals surface area contributed by atoms with Gasteiger partial charge in [-0.1, -0.05) is 20.8 Å². The molecule has 0 amide bonds. The van der Waals surface area contributed by atoms with Crippen molar-refractivity contribution in [2.24, 2.45) is 0 Å². The van der Waals surface area contributed by atoms with Crippen LogP contribution in [0.5, 0.6) is 0 Å². The molecule has 6 rings (SSSR count). The molecule has 3 aliphatic heterocycles. The first-order valence-electron chi connectivity index (χ1n) is 15.8. The zero-order valence-corrected chi connectivity index (χ0v) is 27.4. The van der Waals surface area contributed by atoms with Gasteiger partial charge in [0.15, 0.2) is 5.78 Å². The van der Waals surface area contributed by atoms with Crippen LogP contribution in [0, 0.1) is 13.8 Å². The number of ketones is 1. The first-order valence-corrected chi connectivity index (χ1v) is 15.8. The largest absolute Gasteiger partial charge is 0.476 e. The average Bonchev–Trinajstić information content (AvgIpc) is 3.69. The molecule has 0 saturated heterocycles. The molecule has 0 spiro atoms. The van der Waals surface area contributed by atoms with Gasteiger partial charge in [-0.3, -0.25) is 19.6 Å². The summed E-state index contributed by atoms with van der Waals surface area (Å²) in [5.74, 6) is -7.35. The highest BCUT2D eigenvalue weighted by Gasteiger charge is 2.52. The zero-order chi connectivity index (χ0) is 34.1. The molecule has 0 saturated carbocycles. The lowest BCUT2D eigenvalue weighted by molar-refractivity contribution is -0.209. The fourth-order valence-electron chi connectivity index (χ4n) is 7.44. The van der Waals surface area contributed by atoms with E-state index < -0.39 is 29.6 Å². The van der Waals surface area contributed by atoms with Crippen molar-refractivity contribution in [1.82, 2.24) is 19.9 Å². The normalized spacial score (nSPS) is 23.4. The van der Waals surface area contributed by atoms with Crippen molar-refractivity contribution in [3.63, 3.8) is 0 Å². The van der Waals surface area contributed by atoms with Crippen molar-refractivity contribution in [2.75, 3.05) is 7.11 Å².